The Balaban J connectivity index is 4.42. The summed E-state index contributed by atoms with van der Waals surface area (Å²) < 4.78 is 6.12. The molecule has 0 heterocycles. The molecule has 0 aromatic heterocycles. The van der Waals surface area contributed by atoms with Gasteiger partial charge in [-0.25, -0.2) is 0 Å². The fourth-order valence-electron chi connectivity index (χ4n) is 1.13. The van der Waals surface area contributed by atoms with Crippen LogP contribution in [0.2, 0.25) is 18.1 Å². The molecule has 0 aliphatic rings. The highest BCUT2D eigenvalue weighted by molar-refractivity contribution is 6.74. The van der Waals surface area contributed by atoms with Gasteiger partial charge in [0.25, 0.3) is 0 Å². The fourth-order valence-corrected chi connectivity index (χ4v) is 1.95. The fraction of sp³-hybridized carbons (Fsp3) is 0.857. The number of hydrogen-bond acceptors (Lipinski definition) is 1. The van der Waals surface area contributed by atoms with Crippen LogP contribution in [0.25, 0.3) is 0 Å². The lowest BCUT2D eigenvalue weighted by atomic mass is 10.1. The van der Waals surface area contributed by atoms with Crippen molar-refractivity contribution in [1.29, 1.82) is 0 Å². The van der Waals surface area contributed by atoms with Crippen LogP contribution in [0, 0.1) is 0 Å². The van der Waals surface area contributed by atoms with Gasteiger partial charge in [0.15, 0.2) is 0 Å². The molecule has 96 valence electrons. The normalized spacial score (nSPS) is 14.1. The Bertz CT molecular complexity index is 223. The Hall–Kier alpha value is -0.243. The van der Waals surface area contributed by atoms with E-state index in [0.29, 0.717) is 5.04 Å². The Labute approximate surface area is 103 Å². The van der Waals surface area contributed by atoms with Crippen molar-refractivity contribution >= 4 is 8.32 Å². The summed E-state index contributed by atoms with van der Waals surface area (Å²) in [5.74, 6) is 0. The van der Waals surface area contributed by atoms with Crippen LogP contribution in [0.5, 0.6) is 0 Å². The van der Waals surface area contributed by atoms with Crippen molar-refractivity contribution in [2.45, 2.75) is 78.4 Å². The Morgan fingerprint density at radius 2 is 1.75 bits per heavy atom. The highest BCUT2D eigenvalue weighted by Gasteiger charge is 2.38. The second kappa shape index (κ2) is 6.48. The van der Waals surface area contributed by atoms with Gasteiger partial charge in [0.1, 0.15) is 0 Å². The van der Waals surface area contributed by atoms with Gasteiger partial charge in [0.05, 0.1) is 6.26 Å². The van der Waals surface area contributed by atoms with E-state index in [9.17, 15) is 0 Å². The standard InChI is InChI=1S/C14H30OSi/c1-8-10-11-13(9-2)12-15-16(6,7)14(3,4)5/h12H,8-11H2,1-7H3/b13-12+. The number of allylic oxidation sites excluding steroid dienone is 1. The molecule has 2 heteroatoms. The van der Waals surface area contributed by atoms with Gasteiger partial charge in [-0.3, -0.25) is 0 Å². The molecule has 0 N–H and O–H groups in total. The maximum absolute atomic E-state index is 6.12. The number of hydrogen-bond donors (Lipinski definition) is 0. The van der Waals surface area contributed by atoms with Crippen LogP contribution in [0.4, 0.5) is 0 Å². The zero-order chi connectivity index (χ0) is 12.8. The maximum Gasteiger partial charge on any atom is 0.249 e. The summed E-state index contributed by atoms with van der Waals surface area (Å²) >= 11 is 0. The van der Waals surface area contributed by atoms with Gasteiger partial charge in [-0.1, -0.05) is 41.0 Å². The average Bonchev–Trinajstić information content (AvgIpc) is 2.16. The van der Waals surface area contributed by atoms with Crippen LogP contribution in [0.1, 0.15) is 60.3 Å². The van der Waals surface area contributed by atoms with Crippen molar-refractivity contribution in [2.75, 3.05) is 0 Å². The van der Waals surface area contributed by atoms with Gasteiger partial charge in [-0.15, -0.1) is 0 Å². The Morgan fingerprint density at radius 3 is 2.12 bits per heavy atom. The van der Waals surface area contributed by atoms with E-state index >= 15 is 0 Å². The largest absolute Gasteiger partial charge is 0.549 e. The first-order chi connectivity index (χ1) is 7.24. The summed E-state index contributed by atoms with van der Waals surface area (Å²) in [4.78, 5) is 0. The number of rotatable bonds is 6. The lowest BCUT2D eigenvalue weighted by Crippen LogP contribution is -2.39. The topological polar surface area (TPSA) is 9.23 Å². The molecule has 0 bridgehead atoms. The van der Waals surface area contributed by atoms with Crippen LogP contribution in [0.15, 0.2) is 11.8 Å². The number of unbranched alkanes of at least 4 members (excludes halogenated alkanes) is 1. The van der Waals surface area contributed by atoms with Crippen LogP contribution >= 0.6 is 0 Å². The van der Waals surface area contributed by atoms with Crippen LogP contribution < -0.4 is 0 Å². The van der Waals surface area contributed by atoms with Crippen LogP contribution in [-0.2, 0) is 4.43 Å². The summed E-state index contributed by atoms with van der Waals surface area (Å²) in [5, 5.41) is 0.299. The molecule has 0 radical (unpaired) electrons. The zero-order valence-electron chi connectivity index (χ0n) is 12.3. The van der Waals surface area contributed by atoms with E-state index in [-0.39, 0.29) is 0 Å². The molecule has 0 spiro atoms. The lowest BCUT2D eigenvalue weighted by molar-refractivity contribution is 0.422. The SMILES string of the molecule is CCCC/C(=C/O[Si](C)(C)C(C)(C)C)CC. The summed E-state index contributed by atoms with van der Waals surface area (Å²) in [6.45, 7) is 15.9. The summed E-state index contributed by atoms with van der Waals surface area (Å²) in [7, 11) is -1.60. The molecule has 0 amide bonds. The molecule has 0 saturated heterocycles. The minimum Gasteiger partial charge on any atom is -0.549 e. The van der Waals surface area contributed by atoms with Crippen LogP contribution in [-0.4, -0.2) is 8.32 Å². The predicted octanol–water partition coefficient (Wildman–Crippen LogP) is 5.49. The zero-order valence-corrected chi connectivity index (χ0v) is 13.3. The van der Waals surface area contributed by atoms with Gasteiger partial charge in [-0.2, -0.15) is 0 Å². The summed E-state index contributed by atoms with van der Waals surface area (Å²) in [6, 6.07) is 0. The molecule has 0 aliphatic heterocycles. The van der Waals surface area contributed by atoms with E-state index in [1.807, 2.05) is 0 Å². The van der Waals surface area contributed by atoms with Gasteiger partial charge in [0.2, 0.25) is 8.32 Å². The molecule has 1 nitrogen and oxygen atoms in total. The van der Waals surface area contributed by atoms with Gasteiger partial charge >= 0.3 is 0 Å². The third kappa shape index (κ3) is 5.20. The first kappa shape index (κ1) is 15.8. The molecule has 0 aliphatic carbocycles. The molecule has 0 aromatic carbocycles. The molecular weight excluding hydrogens is 212 g/mol. The minimum absolute atomic E-state index is 0.299. The quantitative estimate of drug-likeness (QED) is 0.442. The molecule has 0 fully saturated rings. The van der Waals surface area contributed by atoms with E-state index in [0.717, 1.165) is 6.42 Å². The second-order valence-electron chi connectivity index (χ2n) is 6.11. The van der Waals surface area contributed by atoms with Gasteiger partial charge in [0, 0.05) is 0 Å². The van der Waals surface area contributed by atoms with Gasteiger partial charge < -0.3 is 4.43 Å². The van der Waals surface area contributed by atoms with Crippen molar-refractivity contribution in [1.82, 2.24) is 0 Å². The van der Waals surface area contributed by atoms with E-state index in [4.69, 9.17) is 4.43 Å². The van der Waals surface area contributed by atoms with Crippen molar-refractivity contribution in [3.8, 4) is 0 Å². The maximum atomic E-state index is 6.12. The molecule has 0 saturated carbocycles. The molecule has 0 unspecified atom stereocenters. The highest BCUT2D eigenvalue weighted by atomic mass is 28.4. The smallest absolute Gasteiger partial charge is 0.249 e. The van der Waals surface area contributed by atoms with E-state index in [1.165, 1.54) is 24.8 Å². The Morgan fingerprint density at radius 1 is 1.19 bits per heavy atom. The van der Waals surface area contributed by atoms with Crippen molar-refractivity contribution in [3.63, 3.8) is 0 Å². The summed E-state index contributed by atoms with van der Waals surface area (Å²) in [5.41, 5.74) is 1.46. The monoisotopic (exact) mass is 242 g/mol. The lowest BCUT2D eigenvalue weighted by Gasteiger charge is -2.35. The van der Waals surface area contributed by atoms with E-state index in [2.05, 4.69) is 54.0 Å². The molecule has 0 atom stereocenters. The Kier molecular flexibility index (Phi) is 6.38. The predicted molar refractivity (Wildman–Crippen MR) is 76.2 cm³/mol. The van der Waals surface area contributed by atoms with Crippen molar-refractivity contribution in [2.24, 2.45) is 0 Å². The van der Waals surface area contributed by atoms with E-state index in [1.54, 1.807) is 0 Å². The second-order valence-corrected chi connectivity index (χ2v) is 10.9. The average molecular weight is 242 g/mol. The third-order valence-corrected chi connectivity index (χ3v) is 7.95. The molecule has 0 rings (SSSR count). The third-order valence-electron chi connectivity index (χ3n) is 3.63. The minimum atomic E-state index is -1.60. The van der Waals surface area contributed by atoms with Crippen molar-refractivity contribution in [3.05, 3.63) is 11.8 Å². The first-order valence-electron chi connectivity index (χ1n) is 6.60. The molecule has 16 heavy (non-hydrogen) atoms. The van der Waals surface area contributed by atoms with Gasteiger partial charge in [-0.05, 0) is 43.0 Å². The summed E-state index contributed by atoms with van der Waals surface area (Å²) in [6.07, 6.45) is 6.92. The van der Waals surface area contributed by atoms with Crippen LogP contribution in [0.3, 0.4) is 0 Å². The first-order valence-corrected chi connectivity index (χ1v) is 9.51. The molecule has 0 aromatic rings. The van der Waals surface area contributed by atoms with E-state index < -0.39 is 8.32 Å². The highest BCUT2D eigenvalue weighted by Crippen LogP contribution is 2.37. The molecular formula is C14H30OSi. The van der Waals surface area contributed by atoms with Crippen molar-refractivity contribution < 1.29 is 4.43 Å².